The summed E-state index contributed by atoms with van der Waals surface area (Å²) in [5, 5.41) is 11.2. The molecular formula is C25H20F2N4O3. The third-order valence-corrected chi connectivity index (χ3v) is 5.77. The van der Waals surface area contributed by atoms with Crippen LogP contribution in [0.2, 0.25) is 0 Å². The van der Waals surface area contributed by atoms with Crippen molar-refractivity contribution in [2.45, 2.75) is 19.1 Å². The first kappa shape index (κ1) is 21.6. The molecule has 34 heavy (non-hydrogen) atoms. The third kappa shape index (κ3) is 4.19. The highest BCUT2D eigenvalue weighted by Gasteiger charge is 2.32. The molecule has 1 saturated heterocycles. The van der Waals surface area contributed by atoms with Crippen LogP contribution < -0.4 is 20.5 Å². The van der Waals surface area contributed by atoms with E-state index in [0.717, 1.165) is 16.6 Å². The van der Waals surface area contributed by atoms with Gasteiger partial charge in [-0.3, -0.25) is 9.59 Å². The lowest BCUT2D eigenvalue weighted by Crippen LogP contribution is -2.33. The Morgan fingerprint density at radius 3 is 2.38 bits per heavy atom. The number of fused-ring (bicyclic) bond motifs is 1. The van der Waals surface area contributed by atoms with Crippen LogP contribution >= 0.6 is 0 Å². The summed E-state index contributed by atoms with van der Waals surface area (Å²) in [6, 6.07) is 20.4. The number of nitrogens with zero attached hydrogens (tertiary/aromatic N) is 2. The third-order valence-electron chi connectivity index (χ3n) is 5.77. The standard InChI is InChI=1S/C25H20F2N4O3/c26-25(27)34-18-11-7-16(8-12-18)28-21-13-14-31(24(21)33)17-9-5-15(6-10-17)22-19-3-1-2-4-20(19)23(32)30-29-22/h1-12,21,25,28H,13-14H2,(H,30,32). The lowest BCUT2D eigenvalue weighted by molar-refractivity contribution is -0.117. The van der Waals surface area contributed by atoms with Crippen molar-refractivity contribution in [3.05, 3.63) is 83.2 Å². The van der Waals surface area contributed by atoms with Gasteiger partial charge in [0.1, 0.15) is 11.8 Å². The van der Waals surface area contributed by atoms with E-state index in [0.29, 0.717) is 29.7 Å². The number of aromatic amines is 1. The molecule has 0 bridgehead atoms. The molecule has 1 aliphatic rings. The number of ether oxygens (including phenoxy) is 1. The fourth-order valence-electron chi connectivity index (χ4n) is 4.14. The largest absolute Gasteiger partial charge is 0.435 e. The number of nitrogens with one attached hydrogen (secondary N) is 2. The Morgan fingerprint density at radius 2 is 1.68 bits per heavy atom. The van der Waals surface area contributed by atoms with E-state index in [1.165, 1.54) is 12.1 Å². The number of carbonyl (C=O) groups excluding carboxylic acids is 1. The highest BCUT2D eigenvalue weighted by molar-refractivity contribution is 6.01. The van der Waals surface area contributed by atoms with E-state index in [9.17, 15) is 18.4 Å². The number of H-pyrrole nitrogens is 1. The smallest absolute Gasteiger partial charge is 0.387 e. The second kappa shape index (κ2) is 8.93. The molecule has 5 rings (SSSR count). The first-order valence-electron chi connectivity index (χ1n) is 10.7. The minimum atomic E-state index is -2.88. The average Bonchev–Trinajstić information content (AvgIpc) is 3.20. The topological polar surface area (TPSA) is 87.3 Å². The van der Waals surface area contributed by atoms with Crippen molar-refractivity contribution in [1.82, 2.24) is 10.2 Å². The van der Waals surface area contributed by atoms with Crippen LogP contribution in [0.4, 0.5) is 20.2 Å². The minimum absolute atomic E-state index is 0.0600. The maximum Gasteiger partial charge on any atom is 0.387 e. The molecule has 1 aromatic heterocycles. The van der Waals surface area contributed by atoms with Crippen LogP contribution in [0.25, 0.3) is 22.0 Å². The van der Waals surface area contributed by atoms with Crippen LogP contribution in [0.5, 0.6) is 5.75 Å². The van der Waals surface area contributed by atoms with Crippen molar-refractivity contribution in [1.29, 1.82) is 0 Å². The maximum atomic E-state index is 13.0. The summed E-state index contributed by atoms with van der Waals surface area (Å²) in [5.41, 5.74) is 2.64. The lowest BCUT2D eigenvalue weighted by Gasteiger charge is -2.18. The number of anilines is 2. The van der Waals surface area contributed by atoms with Crippen molar-refractivity contribution in [3.63, 3.8) is 0 Å². The number of hydrogen-bond acceptors (Lipinski definition) is 5. The summed E-state index contributed by atoms with van der Waals surface area (Å²) in [4.78, 5) is 26.7. The molecule has 2 N–H and O–H groups in total. The summed E-state index contributed by atoms with van der Waals surface area (Å²) < 4.78 is 29.0. The molecule has 172 valence electrons. The SMILES string of the molecule is O=C1C(Nc2ccc(OC(F)F)cc2)CCN1c1ccc(-c2n[nH]c(=O)c3ccccc23)cc1. The number of hydrogen-bond donors (Lipinski definition) is 2. The molecule has 0 saturated carbocycles. The number of benzene rings is 3. The van der Waals surface area contributed by atoms with E-state index >= 15 is 0 Å². The first-order valence-corrected chi connectivity index (χ1v) is 10.7. The van der Waals surface area contributed by atoms with Crippen LogP contribution in [0.3, 0.4) is 0 Å². The Labute approximate surface area is 193 Å². The van der Waals surface area contributed by atoms with Gasteiger partial charge in [0.2, 0.25) is 5.91 Å². The molecule has 2 heterocycles. The predicted octanol–water partition coefficient (Wildman–Crippen LogP) is 4.41. The van der Waals surface area contributed by atoms with Gasteiger partial charge in [-0.2, -0.15) is 13.9 Å². The quantitative estimate of drug-likeness (QED) is 0.443. The molecule has 4 aromatic rings. The van der Waals surface area contributed by atoms with E-state index in [1.54, 1.807) is 29.2 Å². The van der Waals surface area contributed by atoms with E-state index in [-0.39, 0.29) is 17.2 Å². The number of aromatic nitrogens is 2. The zero-order valence-electron chi connectivity index (χ0n) is 17.9. The Balaban J connectivity index is 1.31. The molecular weight excluding hydrogens is 442 g/mol. The number of halogens is 2. The highest BCUT2D eigenvalue weighted by Crippen LogP contribution is 2.29. The van der Waals surface area contributed by atoms with Crippen LogP contribution in [0.15, 0.2) is 77.6 Å². The monoisotopic (exact) mass is 462 g/mol. The fourth-order valence-corrected chi connectivity index (χ4v) is 4.14. The van der Waals surface area contributed by atoms with Gasteiger partial charge in [0.05, 0.1) is 11.1 Å². The number of carbonyl (C=O) groups is 1. The summed E-state index contributed by atoms with van der Waals surface area (Å²) >= 11 is 0. The van der Waals surface area contributed by atoms with E-state index in [4.69, 9.17) is 0 Å². The number of amides is 1. The highest BCUT2D eigenvalue weighted by atomic mass is 19.3. The van der Waals surface area contributed by atoms with Crippen LogP contribution in [0, 0.1) is 0 Å². The summed E-state index contributed by atoms with van der Waals surface area (Å²) in [7, 11) is 0. The number of alkyl halides is 2. The first-order chi connectivity index (χ1) is 16.5. The minimum Gasteiger partial charge on any atom is -0.435 e. The van der Waals surface area contributed by atoms with E-state index < -0.39 is 12.7 Å². The van der Waals surface area contributed by atoms with Gasteiger partial charge < -0.3 is 15.0 Å². The lowest BCUT2D eigenvalue weighted by atomic mass is 10.0. The van der Waals surface area contributed by atoms with Crippen molar-refractivity contribution in [2.75, 3.05) is 16.8 Å². The van der Waals surface area contributed by atoms with Crippen molar-refractivity contribution >= 4 is 28.1 Å². The molecule has 1 atom stereocenters. The van der Waals surface area contributed by atoms with Gasteiger partial charge in [-0.05, 0) is 48.9 Å². The van der Waals surface area contributed by atoms with Crippen molar-refractivity contribution in [3.8, 4) is 17.0 Å². The Hall–Kier alpha value is -4.27. The molecule has 0 spiro atoms. The number of rotatable bonds is 6. The zero-order chi connectivity index (χ0) is 23.7. The molecule has 1 unspecified atom stereocenters. The van der Waals surface area contributed by atoms with Crippen LogP contribution in [-0.2, 0) is 4.79 Å². The van der Waals surface area contributed by atoms with Crippen LogP contribution in [-0.4, -0.2) is 35.3 Å². The van der Waals surface area contributed by atoms with Gasteiger partial charge in [-0.15, -0.1) is 0 Å². The van der Waals surface area contributed by atoms with E-state index in [1.807, 2.05) is 36.4 Å². The van der Waals surface area contributed by atoms with Crippen molar-refractivity contribution < 1.29 is 18.3 Å². The average molecular weight is 462 g/mol. The van der Waals surface area contributed by atoms with Crippen LogP contribution in [0.1, 0.15) is 6.42 Å². The Bertz CT molecular complexity index is 1390. The van der Waals surface area contributed by atoms with E-state index in [2.05, 4.69) is 20.3 Å². The van der Waals surface area contributed by atoms with Gasteiger partial charge in [0.15, 0.2) is 0 Å². The molecule has 1 amide bonds. The molecule has 3 aromatic carbocycles. The normalized spacial score (nSPS) is 15.8. The summed E-state index contributed by atoms with van der Waals surface area (Å²) in [5.74, 6) is -0.0157. The molecule has 1 aliphatic heterocycles. The van der Waals surface area contributed by atoms with Crippen molar-refractivity contribution in [2.24, 2.45) is 0 Å². The fraction of sp³-hybridized carbons (Fsp3) is 0.160. The summed E-state index contributed by atoms with van der Waals surface area (Å²) in [6.07, 6.45) is 0.599. The maximum absolute atomic E-state index is 13.0. The van der Waals surface area contributed by atoms with Gasteiger partial charge >= 0.3 is 6.61 Å². The molecule has 0 aliphatic carbocycles. The Morgan fingerprint density at radius 1 is 0.971 bits per heavy atom. The molecule has 1 fully saturated rings. The zero-order valence-corrected chi connectivity index (χ0v) is 17.9. The molecule has 9 heteroatoms. The summed E-state index contributed by atoms with van der Waals surface area (Å²) in [6.45, 7) is -2.34. The van der Waals surface area contributed by atoms with Gasteiger partial charge in [-0.1, -0.05) is 30.3 Å². The Kier molecular flexibility index (Phi) is 5.67. The van der Waals surface area contributed by atoms with Gasteiger partial charge in [-0.25, -0.2) is 5.10 Å². The molecule has 7 nitrogen and oxygen atoms in total. The molecule has 0 radical (unpaired) electrons. The second-order valence-electron chi connectivity index (χ2n) is 7.87. The van der Waals surface area contributed by atoms with Gasteiger partial charge in [0, 0.05) is 28.9 Å². The predicted molar refractivity (Wildman–Crippen MR) is 125 cm³/mol. The van der Waals surface area contributed by atoms with Gasteiger partial charge in [0.25, 0.3) is 5.56 Å². The second-order valence-corrected chi connectivity index (χ2v) is 7.87.